The number of esters is 1. The molecule has 2 bridgehead atoms. The number of hydrogen-bond acceptors (Lipinski definition) is 3. The van der Waals surface area contributed by atoms with Crippen molar-refractivity contribution in [3.05, 3.63) is 12.7 Å². The minimum atomic E-state index is -0.290. The van der Waals surface area contributed by atoms with Gasteiger partial charge in [0.25, 0.3) is 0 Å². The minimum absolute atomic E-state index is 0.256. The van der Waals surface area contributed by atoms with Crippen molar-refractivity contribution in [1.29, 1.82) is 0 Å². The van der Waals surface area contributed by atoms with Crippen molar-refractivity contribution in [1.82, 2.24) is 0 Å². The summed E-state index contributed by atoms with van der Waals surface area (Å²) in [5.74, 6) is 0.764. The molecule has 0 spiro atoms. The molecule has 3 nitrogen and oxygen atoms in total. The highest BCUT2D eigenvalue weighted by atomic mass is 16.6. The zero-order valence-corrected chi connectivity index (χ0v) is 8.94. The highest BCUT2D eigenvalue weighted by Crippen LogP contribution is 2.62. The monoisotopic (exact) mass is 208 g/mol. The second-order valence-corrected chi connectivity index (χ2v) is 4.92. The van der Waals surface area contributed by atoms with Crippen LogP contribution in [0.5, 0.6) is 0 Å². The fraction of sp³-hybridized carbons (Fsp3) is 0.750. The Hall–Kier alpha value is -0.830. The molecule has 0 aromatic heterocycles. The van der Waals surface area contributed by atoms with Crippen LogP contribution < -0.4 is 0 Å². The Morgan fingerprint density at radius 2 is 2.47 bits per heavy atom. The van der Waals surface area contributed by atoms with Gasteiger partial charge in [-0.1, -0.05) is 13.5 Å². The number of hydrogen-bond donors (Lipinski definition) is 0. The molecule has 15 heavy (non-hydrogen) atoms. The number of fused-ring (bicyclic) bond motifs is 5. The van der Waals surface area contributed by atoms with Crippen LogP contribution in [0.3, 0.4) is 0 Å². The minimum Gasteiger partial charge on any atom is -0.456 e. The van der Waals surface area contributed by atoms with Gasteiger partial charge in [0.2, 0.25) is 0 Å². The molecule has 1 aliphatic heterocycles. The second-order valence-electron chi connectivity index (χ2n) is 4.92. The molecule has 82 valence electrons. The van der Waals surface area contributed by atoms with Gasteiger partial charge in [-0.3, -0.25) is 0 Å². The quantitative estimate of drug-likeness (QED) is 0.402. The zero-order valence-electron chi connectivity index (χ0n) is 8.94. The molecule has 2 saturated carbocycles. The van der Waals surface area contributed by atoms with E-state index in [1.165, 1.54) is 12.5 Å². The Kier molecular flexibility index (Phi) is 1.78. The topological polar surface area (TPSA) is 38.8 Å². The predicted octanol–water partition coefficient (Wildman–Crippen LogP) is 1.67. The summed E-state index contributed by atoms with van der Waals surface area (Å²) in [6, 6.07) is 0. The molecule has 3 rings (SSSR count). The third-order valence-electron chi connectivity index (χ3n) is 4.33. The molecule has 3 heteroatoms. The maximum absolute atomic E-state index is 11.3. The average Bonchev–Trinajstić information content (AvgIpc) is 2.88. The van der Waals surface area contributed by atoms with E-state index in [-0.39, 0.29) is 11.6 Å². The molecule has 1 heterocycles. The van der Waals surface area contributed by atoms with E-state index < -0.39 is 0 Å². The molecule has 0 radical (unpaired) electrons. The van der Waals surface area contributed by atoms with Crippen LogP contribution in [-0.4, -0.2) is 23.8 Å². The van der Waals surface area contributed by atoms with Crippen LogP contribution in [0.25, 0.3) is 0 Å². The molecule has 0 aromatic carbocycles. The van der Waals surface area contributed by atoms with E-state index >= 15 is 0 Å². The van der Waals surface area contributed by atoms with E-state index in [0.29, 0.717) is 24.0 Å². The van der Waals surface area contributed by atoms with Gasteiger partial charge in [0, 0.05) is 12.0 Å². The van der Waals surface area contributed by atoms with Crippen LogP contribution in [0.1, 0.15) is 26.2 Å². The van der Waals surface area contributed by atoms with Crippen molar-refractivity contribution in [3.63, 3.8) is 0 Å². The van der Waals surface area contributed by atoms with Gasteiger partial charge < -0.3 is 9.47 Å². The Balaban J connectivity index is 1.82. The lowest BCUT2D eigenvalue weighted by atomic mass is 9.82. The summed E-state index contributed by atoms with van der Waals surface area (Å²) in [5, 5.41) is 0. The van der Waals surface area contributed by atoms with Gasteiger partial charge in [0.15, 0.2) is 0 Å². The fourth-order valence-electron chi connectivity index (χ4n) is 3.58. The number of ether oxygens (including phenoxy) is 2. The van der Waals surface area contributed by atoms with Crippen molar-refractivity contribution in [2.75, 3.05) is 0 Å². The van der Waals surface area contributed by atoms with Gasteiger partial charge in [-0.05, 0) is 25.2 Å². The molecular weight excluding hydrogens is 192 g/mol. The van der Waals surface area contributed by atoms with E-state index in [4.69, 9.17) is 9.47 Å². The highest BCUT2D eigenvalue weighted by Gasteiger charge is 2.69. The summed E-state index contributed by atoms with van der Waals surface area (Å²) < 4.78 is 11.2. The largest absolute Gasteiger partial charge is 0.456 e. The normalized spacial score (nSPS) is 49.9. The van der Waals surface area contributed by atoms with Crippen molar-refractivity contribution < 1.29 is 14.3 Å². The first kappa shape index (κ1) is 9.40. The third-order valence-corrected chi connectivity index (χ3v) is 4.33. The molecule has 5 atom stereocenters. The standard InChI is InChI=1S/C12H16O3/c1-3-9(13)15-12(4-2)6-7-5-8(12)11-10(7)14-11/h3,7-8,10-11H,1,4-6H2,2H3. The van der Waals surface area contributed by atoms with E-state index in [1.807, 2.05) is 0 Å². The molecule has 1 saturated heterocycles. The molecular formula is C12H16O3. The second kappa shape index (κ2) is 2.85. The van der Waals surface area contributed by atoms with Crippen LogP contribution in [0, 0.1) is 11.8 Å². The summed E-state index contributed by atoms with van der Waals surface area (Å²) in [4.78, 5) is 11.3. The van der Waals surface area contributed by atoms with Crippen LogP contribution >= 0.6 is 0 Å². The van der Waals surface area contributed by atoms with E-state index in [9.17, 15) is 4.79 Å². The number of rotatable bonds is 3. The maximum Gasteiger partial charge on any atom is 0.330 e. The van der Waals surface area contributed by atoms with Gasteiger partial charge in [-0.25, -0.2) is 4.79 Å². The van der Waals surface area contributed by atoms with Crippen LogP contribution in [0.15, 0.2) is 12.7 Å². The van der Waals surface area contributed by atoms with Gasteiger partial charge >= 0.3 is 5.97 Å². The van der Waals surface area contributed by atoms with E-state index in [2.05, 4.69) is 13.5 Å². The smallest absolute Gasteiger partial charge is 0.330 e. The van der Waals surface area contributed by atoms with Gasteiger partial charge in [-0.15, -0.1) is 0 Å². The average molecular weight is 208 g/mol. The Morgan fingerprint density at radius 1 is 1.67 bits per heavy atom. The Bertz CT molecular complexity index is 325. The van der Waals surface area contributed by atoms with E-state index in [0.717, 1.165) is 12.8 Å². The lowest BCUT2D eigenvalue weighted by Gasteiger charge is -2.34. The SMILES string of the molecule is C=CC(=O)OC1(CC)CC2CC1C1OC21. The third kappa shape index (κ3) is 1.13. The van der Waals surface area contributed by atoms with Gasteiger partial charge in [-0.2, -0.15) is 0 Å². The Morgan fingerprint density at radius 3 is 3.00 bits per heavy atom. The summed E-state index contributed by atoms with van der Waals surface area (Å²) in [7, 11) is 0. The number of carbonyl (C=O) groups is 1. The lowest BCUT2D eigenvalue weighted by molar-refractivity contribution is -0.159. The molecule has 0 aromatic rings. The summed E-state index contributed by atoms with van der Waals surface area (Å²) in [6.45, 7) is 5.55. The molecule has 0 N–H and O–H groups in total. The van der Waals surface area contributed by atoms with Gasteiger partial charge in [0.1, 0.15) is 5.60 Å². The van der Waals surface area contributed by atoms with Crippen molar-refractivity contribution in [2.24, 2.45) is 11.8 Å². The number of carbonyl (C=O) groups excluding carboxylic acids is 1. The molecule has 3 aliphatic rings. The number of epoxide rings is 1. The first-order valence-corrected chi connectivity index (χ1v) is 5.71. The van der Waals surface area contributed by atoms with Crippen molar-refractivity contribution in [2.45, 2.75) is 44.0 Å². The first-order chi connectivity index (χ1) is 7.20. The lowest BCUT2D eigenvalue weighted by Crippen LogP contribution is -2.42. The van der Waals surface area contributed by atoms with E-state index in [1.54, 1.807) is 0 Å². The van der Waals surface area contributed by atoms with Crippen molar-refractivity contribution in [3.8, 4) is 0 Å². The highest BCUT2D eigenvalue weighted by molar-refractivity contribution is 5.81. The molecule has 3 fully saturated rings. The fourth-order valence-corrected chi connectivity index (χ4v) is 3.58. The maximum atomic E-state index is 11.3. The molecule has 0 amide bonds. The van der Waals surface area contributed by atoms with Crippen molar-refractivity contribution >= 4 is 5.97 Å². The van der Waals surface area contributed by atoms with Gasteiger partial charge in [0.05, 0.1) is 12.2 Å². The summed E-state index contributed by atoms with van der Waals surface area (Å²) in [5.41, 5.74) is -0.256. The van der Waals surface area contributed by atoms with Crippen LogP contribution in [0.2, 0.25) is 0 Å². The Labute approximate surface area is 89.4 Å². The van der Waals surface area contributed by atoms with Crippen LogP contribution in [-0.2, 0) is 14.3 Å². The first-order valence-electron chi connectivity index (χ1n) is 5.71. The van der Waals surface area contributed by atoms with Crippen LogP contribution in [0.4, 0.5) is 0 Å². The molecule has 5 unspecified atom stereocenters. The summed E-state index contributed by atoms with van der Waals surface area (Å²) in [6.07, 6.45) is 5.16. The predicted molar refractivity (Wildman–Crippen MR) is 54.2 cm³/mol. The molecule has 2 aliphatic carbocycles. The summed E-state index contributed by atoms with van der Waals surface area (Å²) >= 11 is 0. The zero-order chi connectivity index (χ0) is 10.6.